The third-order valence-electron chi connectivity index (χ3n) is 4.48. The Hall–Kier alpha value is -2.17. The van der Waals surface area contributed by atoms with Crippen LogP contribution in [0, 0.1) is 6.92 Å². The van der Waals surface area contributed by atoms with E-state index < -0.39 is 10.0 Å². The molecule has 1 aliphatic heterocycles. The van der Waals surface area contributed by atoms with Crippen LogP contribution >= 0.6 is 27.3 Å². The summed E-state index contributed by atoms with van der Waals surface area (Å²) in [6.45, 7) is 3.99. The van der Waals surface area contributed by atoms with Gasteiger partial charge in [-0.15, -0.1) is 11.3 Å². The molecule has 1 saturated heterocycles. The Kier molecular flexibility index (Phi) is 5.75. The van der Waals surface area contributed by atoms with Crippen molar-refractivity contribution in [1.82, 2.24) is 9.97 Å². The monoisotopic (exact) mass is 493 g/mol. The first kappa shape index (κ1) is 20.1. The lowest BCUT2D eigenvalue weighted by atomic mass is 10.3. The van der Waals surface area contributed by atoms with Crippen molar-refractivity contribution in [3.05, 3.63) is 51.9 Å². The van der Waals surface area contributed by atoms with Crippen LogP contribution in [0.25, 0.3) is 0 Å². The number of aromatic nitrogens is 2. The fourth-order valence-corrected chi connectivity index (χ4v) is 6.18. The summed E-state index contributed by atoms with van der Waals surface area (Å²) in [5.41, 5.74) is 2.17. The van der Waals surface area contributed by atoms with Crippen molar-refractivity contribution in [3.63, 3.8) is 0 Å². The number of nitrogens with one attached hydrogen (secondary N) is 2. The number of halogens is 1. The molecule has 0 bridgehead atoms. The molecule has 0 atom stereocenters. The molecule has 10 heteroatoms. The maximum absolute atomic E-state index is 12.4. The van der Waals surface area contributed by atoms with Gasteiger partial charge in [-0.1, -0.05) is 0 Å². The number of hydrogen-bond donors (Lipinski definition) is 2. The minimum absolute atomic E-state index is 0.258. The number of anilines is 4. The van der Waals surface area contributed by atoms with E-state index in [2.05, 4.69) is 40.8 Å². The van der Waals surface area contributed by atoms with Gasteiger partial charge < -0.3 is 10.2 Å². The predicted molar refractivity (Wildman–Crippen MR) is 121 cm³/mol. The zero-order chi connectivity index (χ0) is 20.4. The molecular formula is C19H20BrN5O2S2. The number of thiophene rings is 1. The van der Waals surface area contributed by atoms with Crippen LogP contribution in [0.3, 0.4) is 0 Å². The minimum Gasteiger partial charge on any atom is -0.356 e. The van der Waals surface area contributed by atoms with Gasteiger partial charge in [0.15, 0.2) is 0 Å². The molecule has 0 unspecified atom stereocenters. The highest BCUT2D eigenvalue weighted by molar-refractivity contribution is 9.11. The van der Waals surface area contributed by atoms with Crippen molar-refractivity contribution in [1.29, 1.82) is 0 Å². The molecule has 3 heterocycles. The molecule has 0 radical (unpaired) electrons. The summed E-state index contributed by atoms with van der Waals surface area (Å²) in [7, 11) is -3.60. The lowest BCUT2D eigenvalue weighted by molar-refractivity contribution is 0.603. The largest absolute Gasteiger partial charge is 0.356 e. The van der Waals surface area contributed by atoms with Crippen LogP contribution in [0.2, 0.25) is 0 Å². The first-order valence-electron chi connectivity index (χ1n) is 9.15. The van der Waals surface area contributed by atoms with Crippen molar-refractivity contribution in [2.24, 2.45) is 0 Å². The average Bonchev–Trinajstić information content (AvgIpc) is 3.35. The molecular weight excluding hydrogens is 474 g/mol. The number of hydrogen-bond acceptors (Lipinski definition) is 7. The van der Waals surface area contributed by atoms with Gasteiger partial charge in [0.2, 0.25) is 5.95 Å². The normalized spacial score (nSPS) is 14.2. The fraction of sp³-hybridized carbons (Fsp3) is 0.263. The minimum atomic E-state index is -3.60. The van der Waals surface area contributed by atoms with Crippen LogP contribution in [0.1, 0.15) is 18.5 Å². The topological polar surface area (TPSA) is 87.2 Å². The molecule has 152 valence electrons. The molecule has 1 fully saturated rings. The Labute approximate surface area is 182 Å². The molecule has 0 saturated carbocycles. The van der Waals surface area contributed by atoms with Gasteiger partial charge in [0.25, 0.3) is 10.0 Å². The summed E-state index contributed by atoms with van der Waals surface area (Å²) in [4.78, 5) is 11.3. The van der Waals surface area contributed by atoms with E-state index in [1.54, 1.807) is 36.4 Å². The second-order valence-corrected chi connectivity index (χ2v) is 11.1. The quantitative estimate of drug-likeness (QED) is 0.514. The second kappa shape index (κ2) is 8.29. The average molecular weight is 494 g/mol. The predicted octanol–water partition coefficient (Wildman–Crippen LogP) is 4.75. The Morgan fingerprint density at radius 2 is 1.72 bits per heavy atom. The zero-order valence-corrected chi connectivity index (χ0v) is 18.9. The number of sulfonamides is 1. The van der Waals surface area contributed by atoms with Crippen molar-refractivity contribution < 1.29 is 8.42 Å². The smallest absolute Gasteiger partial charge is 0.271 e. The summed E-state index contributed by atoms with van der Waals surface area (Å²) in [6.07, 6.45) is 2.37. The number of benzene rings is 1. The van der Waals surface area contributed by atoms with Gasteiger partial charge in [-0.2, -0.15) is 4.98 Å². The van der Waals surface area contributed by atoms with Crippen molar-refractivity contribution in [3.8, 4) is 0 Å². The van der Waals surface area contributed by atoms with Crippen LogP contribution in [0.5, 0.6) is 0 Å². The third-order valence-corrected chi connectivity index (χ3v) is 7.97. The van der Waals surface area contributed by atoms with Crippen LogP contribution < -0.4 is 14.9 Å². The molecule has 0 aliphatic carbocycles. The molecule has 1 aliphatic rings. The van der Waals surface area contributed by atoms with Gasteiger partial charge in [0, 0.05) is 36.2 Å². The van der Waals surface area contributed by atoms with E-state index in [0.717, 1.165) is 34.1 Å². The van der Waals surface area contributed by atoms with E-state index in [4.69, 9.17) is 0 Å². The Bertz CT molecular complexity index is 1110. The molecule has 7 nitrogen and oxygen atoms in total. The number of nitrogens with zero attached hydrogens (tertiary/aromatic N) is 3. The highest BCUT2D eigenvalue weighted by Gasteiger charge is 2.17. The van der Waals surface area contributed by atoms with Gasteiger partial charge in [-0.3, -0.25) is 4.72 Å². The molecule has 2 aromatic heterocycles. The highest BCUT2D eigenvalue weighted by atomic mass is 79.9. The first-order chi connectivity index (χ1) is 13.9. The van der Waals surface area contributed by atoms with E-state index in [-0.39, 0.29) is 4.21 Å². The van der Waals surface area contributed by atoms with Crippen molar-refractivity contribution in [2.75, 3.05) is 28.0 Å². The lowest BCUT2D eigenvalue weighted by Crippen LogP contribution is -2.19. The molecule has 3 aromatic rings. The molecule has 4 rings (SSSR count). The van der Waals surface area contributed by atoms with Crippen molar-refractivity contribution >= 4 is 60.4 Å². The summed E-state index contributed by atoms with van der Waals surface area (Å²) >= 11 is 4.45. The molecule has 29 heavy (non-hydrogen) atoms. The van der Waals surface area contributed by atoms with E-state index >= 15 is 0 Å². The maximum atomic E-state index is 12.4. The SMILES string of the molecule is Cc1cc(N2CCCC2)nc(Nc2ccc(NS(=O)(=O)c3ccc(Br)s3)cc2)n1. The van der Waals surface area contributed by atoms with Crippen LogP contribution in [-0.2, 0) is 10.0 Å². The number of aryl methyl sites for hydroxylation is 1. The van der Waals surface area contributed by atoms with Gasteiger partial charge >= 0.3 is 0 Å². The van der Waals surface area contributed by atoms with Gasteiger partial charge in [0.05, 0.1) is 3.79 Å². The van der Waals surface area contributed by atoms with Crippen LogP contribution in [0.4, 0.5) is 23.1 Å². The van der Waals surface area contributed by atoms with Gasteiger partial charge in [0.1, 0.15) is 10.0 Å². The van der Waals surface area contributed by atoms with E-state index in [1.807, 2.05) is 13.0 Å². The Balaban J connectivity index is 1.47. The highest BCUT2D eigenvalue weighted by Crippen LogP contribution is 2.28. The van der Waals surface area contributed by atoms with Crippen LogP contribution in [0.15, 0.2) is 50.5 Å². The second-order valence-electron chi connectivity index (χ2n) is 6.75. The Morgan fingerprint density at radius 1 is 1.03 bits per heavy atom. The lowest BCUT2D eigenvalue weighted by Gasteiger charge is -2.17. The summed E-state index contributed by atoms with van der Waals surface area (Å²) < 4.78 is 28.5. The summed E-state index contributed by atoms with van der Waals surface area (Å²) in [6, 6.07) is 12.3. The van der Waals surface area contributed by atoms with E-state index in [0.29, 0.717) is 11.6 Å². The van der Waals surface area contributed by atoms with Gasteiger partial charge in [-0.05, 0) is 72.1 Å². The van der Waals surface area contributed by atoms with Gasteiger partial charge in [-0.25, -0.2) is 13.4 Å². The van der Waals surface area contributed by atoms with Crippen LogP contribution in [-0.4, -0.2) is 31.5 Å². The first-order valence-corrected chi connectivity index (χ1v) is 12.2. The number of rotatable bonds is 6. The third kappa shape index (κ3) is 4.88. The Morgan fingerprint density at radius 3 is 2.38 bits per heavy atom. The van der Waals surface area contributed by atoms with E-state index in [1.165, 1.54) is 24.2 Å². The standard InChI is InChI=1S/C19H20BrN5O2S2/c1-13-12-17(25-10-2-3-11-25)23-19(21-13)22-14-4-6-15(7-5-14)24-29(26,27)18-9-8-16(20)28-18/h4-9,12,24H,2-3,10-11H2,1H3,(H,21,22,23). The molecule has 1 aromatic carbocycles. The maximum Gasteiger partial charge on any atom is 0.271 e. The molecule has 2 N–H and O–H groups in total. The fourth-order valence-electron chi connectivity index (χ4n) is 3.11. The summed E-state index contributed by atoms with van der Waals surface area (Å²) in [5, 5.41) is 3.20. The molecule has 0 spiro atoms. The van der Waals surface area contributed by atoms with E-state index in [9.17, 15) is 8.42 Å². The zero-order valence-electron chi connectivity index (χ0n) is 15.7. The molecule has 0 amide bonds. The van der Waals surface area contributed by atoms with Crippen molar-refractivity contribution in [2.45, 2.75) is 24.0 Å². The summed E-state index contributed by atoms with van der Waals surface area (Å²) in [5.74, 6) is 1.47.